The summed E-state index contributed by atoms with van der Waals surface area (Å²) in [6, 6.07) is 10.8. The van der Waals surface area contributed by atoms with Crippen LogP contribution in [0, 0.1) is 5.82 Å². The summed E-state index contributed by atoms with van der Waals surface area (Å²) >= 11 is 0. The molecule has 1 fully saturated rings. The Kier molecular flexibility index (Phi) is 4.42. The maximum atomic E-state index is 14.4. The van der Waals surface area contributed by atoms with Crippen LogP contribution in [0.5, 0.6) is 5.75 Å². The third kappa shape index (κ3) is 3.18. The second-order valence-electron chi connectivity index (χ2n) is 7.27. The summed E-state index contributed by atoms with van der Waals surface area (Å²) in [4.78, 5) is 21.6. The second kappa shape index (κ2) is 7.25. The Morgan fingerprint density at radius 2 is 2.03 bits per heavy atom. The Morgan fingerprint density at radius 3 is 2.90 bits per heavy atom. The Bertz CT molecular complexity index is 1270. The molecule has 152 valence electrons. The SMILES string of the molecule is O=C1NCCCC[C@H]1Nc1nc2ccccc2c2nc(-c3ccc(O)cc3F)nn12. The molecule has 1 atom stereocenters. The zero-order valence-corrected chi connectivity index (χ0v) is 16.0. The molecule has 0 radical (unpaired) electrons. The molecule has 5 rings (SSSR count). The van der Waals surface area contributed by atoms with Crippen molar-refractivity contribution < 1.29 is 14.3 Å². The molecule has 0 unspecified atom stereocenters. The second-order valence-corrected chi connectivity index (χ2v) is 7.27. The minimum Gasteiger partial charge on any atom is -0.508 e. The number of phenols is 1. The summed E-state index contributed by atoms with van der Waals surface area (Å²) in [5.74, 6) is -0.349. The third-order valence-corrected chi connectivity index (χ3v) is 5.21. The number of fused-ring (bicyclic) bond motifs is 3. The van der Waals surface area contributed by atoms with Gasteiger partial charge in [-0.25, -0.2) is 14.4 Å². The number of hydrogen-bond acceptors (Lipinski definition) is 6. The first-order valence-electron chi connectivity index (χ1n) is 9.79. The van der Waals surface area contributed by atoms with E-state index in [9.17, 15) is 14.3 Å². The van der Waals surface area contributed by atoms with E-state index in [0.717, 1.165) is 24.3 Å². The molecule has 1 aliphatic heterocycles. The molecule has 0 bridgehead atoms. The van der Waals surface area contributed by atoms with Crippen LogP contribution in [-0.2, 0) is 4.79 Å². The third-order valence-electron chi connectivity index (χ3n) is 5.21. The molecule has 1 amide bonds. The molecule has 2 aromatic carbocycles. The molecule has 1 aliphatic rings. The lowest BCUT2D eigenvalue weighted by atomic mass is 10.1. The summed E-state index contributed by atoms with van der Waals surface area (Å²) in [6.07, 6.45) is 2.52. The van der Waals surface area contributed by atoms with Crippen molar-refractivity contribution in [2.75, 3.05) is 11.9 Å². The Balaban J connectivity index is 1.67. The van der Waals surface area contributed by atoms with Gasteiger partial charge in [-0.15, -0.1) is 5.10 Å². The van der Waals surface area contributed by atoms with Crippen molar-refractivity contribution in [3.63, 3.8) is 0 Å². The number of rotatable bonds is 3. The highest BCUT2D eigenvalue weighted by Gasteiger charge is 2.23. The summed E-state index contributed by atoms with van der Waals surface area (Å²) in [5.41, 5.74) is 1.35. The molecule has 0 spiro atoms. The average Bonchev–Trinajstić information content (AvgIpc) is 3.08. The Labute approximate surface area is 170 Å². The minimum atomic E-state index is -0.624. The van der Waals surface area contributed by atoms with Crippen LogP contribution in [0.2, 0.25) is 0 Å². The van der Waals surface area contributed by atoms with Gasteiger partial charge in [0.2, 0.25) is 11.9 Å². The number of aromatic nitrogens is 4. The molecule has 30 heavy (non-hydrogen) atoms. The molecular formula is C21H19FN6O2. The van der Waals surface area contributed by atoms with Crippen molar-refractivity contribution >= 4 is 28.4 Å². The normalized spacial score (nSPS) is 17.1. The molecule has 1 saturated heterocycles. The average molecular weight is 406 g/mol. The van der Waals surface area contributed by atoms with Gasteiger partial charge in [-0.2, -0.15) is 4.52 Å². The van der Waals surface area contributed by atoms with Gasteiger partial charge in [0.15, 0.2) is 11.5 Å². The van der Waals surface area contributed by atoms with Crippen molar-refractivity contribution in [2.24, 2.45) is 0 Å². The molecular weight excluding hydrogens is 387 g/mol. The summed E-state index contributed by atoms with van der Waals surface area (Å²) in [6.45, 7) is 0.658. The molecule has 0 aliphatic carbocycles. The molecule has 3 N–H and O–H groups in total. The first kappa shape index (κ1) is 18.3. The largest absolute Gasteiger partial charge is 0.508 e. The molecule has 8 nitrogen and oxygen atoms in total. The highest BCUT2D eigenvalue weighted by molar-refractivity contribution is 5.93. The number of benzene rings is 2. The molecule has 9 heteroatoms. The minimum absolute atomic E-state index is 0.0828. The van der Waals surface area contributed by atoms with E-state index in [1.807, 2.05) is 24.3 Å². The summed E-state index contributed by atoms with van der Waals surface area (Å²) in [5, 5.41) is 20.8. The Morgan fingerprint density at radius 1 is 1.17 bits per heavy atom. The van der Waals surface area contributed by atoms with Gasteiger partial charge in [0.05, 0.1) is 11.1 Å². The Hall–Kier alpha value is -3.75. The lowest BCUT2D eigenvalue weighted by molar-refractivity contribution is -0.121. The van der Waals surface area contributed by atoms with Gasteiger partial charge in [-0.1, -0.05) is 12.1 Å². The zero-order chi connectivity index (χ0) is 20.7. The highest BCUT2D eigenvalue weighted by Crippen LogP contribution is 2.27. The van der Waals surface area contributed by atoms with E-state index in [1.54, 1.807) is 0 Å². The van der Waals surface area contributed by atoms with Gasteiger partial charge in [-0.3, -0.25) is 4.79 Å². The van der Waals surface area contributed by atoms with Gasteiger partial charge < -0.3 is 15.7 Å². The quantitative estimate of drug-likeness (QED) is 0.483. The monoisotopic (exact) mass is 406 g/mol. The number of carbonyl (C=O) groups is 1. The standard InChI is InChI=1S/C21H19FN6O2/c22-15-11-12(29)8-9-13(15)18-26-19-14-5-1-2-6-16(14)24-21(28(19)27-18)25-17-7-3-4-10-23-20(17)30/h1-2,5-6,8-9,11,17,29H,3-4,7,10H2,(H,23,30)(H,24,25)/t17-/m1/s1. The predicted octanol–water partition coefficient (Wildman–Crippen LogP) is 2.87. The number of halogens is 1. The summed E-state index contributed by atoms with van der Waals surface area (Å²) < 4.78 is 15.9. The number of amides is 1. The molecule has 2 aromatic heterocycles. The van der Waals surface area contributed by atoms with Crippen LogP contribution in [0.1, 0.15) is 19.3 Å². The van der Waals surface area contributed by atoms with Crippen LogP contribution in [0.25, 0.3) is 27.9 Å². The van der Waals surface area contributed by atoms with Gasteiger partial charge >= 0.3 is 0 Å². The topological polar surface area (TPSA) is 104 Å². The smallest absolute Gasteiger partial charge is 0.242 e. The maximum Gasteiger partial charge on any atom is 0.242 e. The van der Waals surface area contributed by atoms with Crippen LogP contribution in [0.3, 0.4) is 0 Å². The van der Waals surface area contributed by atoms with E-state index in [-0.39, 0.29) is 23.0 Å². The number of aromatic hydroxyl groups is 1. The fourth-order valence-electron chi connectivity index (χ4n) is 3.68. The number of nitrogens with zero attached hydrogens (tertiary/aromatic N) is 4. The van der Waals surface area contributed by atoms with Gasteiger partial charge in [0.25, 0.3) is 0 Å². The lowest BCUT2D eigenvalue weighted by Gasteiger charge is -2.16. The van der Waals surface area contributed by atoms with Gasteiger partial charge in [0, 0.05) is 18.0 Å². The van der Waals surface area contributed by atoms with Crippen molar-refractivity contribution in [2.45, 2.75) is 25.3 Å². The number of anilines is 1. The molecule has 0 saturated carbocycles. The maximum absolute atomic E-state index is 14.4. The molecule has 4 aromatic rings. The first-order chi connectivity index (χ1) is 14.6. The van der Waals surface area contributed by atoms with Crippen LogP contribution < -0.4 is 10.6 Å². The predicted molar refractivity (Wildman–Crippen MR) is 110 cm³/mol. The lowest BCUT2D eigenvalue weighted by Crippen LogP contribution is -2.38. The van der Waals surface area contributed by atoms with E-state index in [4.69, 9.17) is 0 Å². The van der Waals surface area contributed by atoms with Crippen molar-refractivity contribution in [1.82, 2.24) is 24.9 Å². The number of nitrogens with one attached hydrogen (secondary N) is 2. The summed E-state index contributed by atoms with van der Waals surface area (Å²) in [7, 11) is 0. The van der Waals surface area contributed by atoms with Crippen LogP contribution >= 0.6 is 0 Å². The van der Waals surface area contributed by atoms with Crippen molar-refractivity contribution in [3.05, 3.63) is 48.3 Å². The van der Waals surface area contributed by atoms with Crippen LogP contribution in [0.15, 0.2) is 42.5 Å². The highest BCUT2D eigenvalue weighted by atomic mass is 19.1. The van der Waals surface area contributed by atoms with Gasteiger partial charge in [-0.05, 0) is 43.5 Å². The first-order valence-corrected chi connectivity index (χ1v) is 9.79. The van der Waals surface area contributed by atoms with E-state index < -0.39 is 11.9 Å². The number of carbonyl (C=O) groups excluding carboxylic acids is 1. The zero-order valence-electron chi connectivity index (χ0n) is 16.0. The van der Waals surface area contributed by atoms with Crippen molar-refractivity contribution in [3.8, 4) is 17.1 Å². The van der Waals surface area contributed by atoms with Crippen LogP contribution in [0.4, 0.5) is 10.3 Å². The molecule has 3 heterocycles. The number of phenolic OH excluding ortho intramolecular Hbond substituents is 1. The van der Waals surface area contributed by atoms with E-state index in [1.165, 1.54) is 16.6 Å². The van der Waals surface area contributed by atoms with Gasteiger partial charge in [0.1, 0.15) is 17.6 Å². The fraction of sp³-hybridized carbons (Fsp3) is 0.238. The van der Waals surface area contributed by atoms with E-state index in [2.05, 4.69) is 25.7 Å². The number of hydrogen-bond donors (Lipinski definition) is 3. The fourth-order valence-corrected chi connectivity index (χ4v) is 3.68. The van der Waals surface area contributed by atoms with Crippen LogP contribution in [-0.4, -0.2) is 43.2 Å². The van der Waals surface area contributed by atoms with E-state index >= 15 is 0 Å². The van der Waals surface area contributed by atoms with E-state index in [0.29, 0.717) is 30.1 Å². The number of para-hydroxylation sites is 1. The van der Waals surface area contributed by atoms with Crippen molar-refractivity contribution in [1.29, 1.82) is 0 Å².